The number of urea groups is 4. The summed E-state index contributed by atoms with van der Waals surface area (Å²) in [5.74, 6) is -2.81. The minimum atomic E-state index is -1.61. The average Bonchev–Trinajstić information content (AvgIpc) is 1.63. The van der Waals surface area contributed by atoms with Crippen molar-refractivity contribution in [2.75, 3.05) is 86.7 Å². The minimum absolute atomic E-state index is 0.106. The largest absolute Gasteiger partial charge is 0.488 e. The number of Topliss-reactive ketones (excluding diaryl/α,β-unsaturated/α-hetero) is 2. The number of ketones is 2. The van der Waals surface area contributed by atoms with Crippen LogP contribution in [0, 0.1) is 0 Å². The molecular weight excluding hydrogens is 1330 g/mol. The van der Waals surface area contributed by atoms with E-state index in [9.17, 15) is 68.0 Å². The molecule has 544 valence electrons. The molecule has 0 saturated carbocycles. The highest BCUT2D eigenvalue weighted by atomic mass is 16.4. The molecule has 0 spiro atoms. The topological polar surface area (TPSA) is 392 Å². The van der Waals surface area contributed by atoms with Crippen molar-refractivity contribution < 1.29 is 68.0 Å². The number of H-pyrrole nitrogens is 2. The number of unbranched alkanes of at least 4 members (excludes halogenated alkanes) is 8. The van der Waals surface area contributed by atoms with E-state index < -0.39 is 43.6 Å². The summed E-state index contributed by atoms with van der Waals surface area (Å²) in [6.45, 7) is 7.32. The number of amides is 12. The Labute approximate surface area is 602 Å². The van der Waals surface area contributed by atoms with Crippen LogP contribution >= 0.6 is 0 Å². The fourth-order valence-electron chi connectivity index (χ4n) is 12.4. The lowest BCUT2D eigenvalue weighted by Crippen LogP contribution is -2.56. The Morgan fingerprint density at radius 2 is 0.740 bits per heavy atom. The lowest BCUT2D eigenvalue weighted by Gasteiger charge is -2.39. The van der Waals surface area contributed by atoms with Gasteiger partial charge in [0.25, 0.3) is 35.2 Å². The van der Waals surface area contributed by atoms with E-state index in [0.29, 0.717) is 114 Å². The summed E-state index contributed by atoms with van der Waals surface area (Å²) in [4.78, 5) is 141. The highest BCUT2D eigenvalue weighted by Crippen LogP contribution is 2.29. The summed E-state index contributed by atoms with van der Waals surface area (Å²) in [6, 6.07) is 38.6. The number of carbonyl (C=O) groups excluding carboxylic acids is 10. The molecule has 12 amide bonds. The average molecular weight is 1420 g/mol. The summed E-state index contributed by atoms with van der Waals surface area (Å²) in [5, 5.41) is 60.3. The number of anilines is 4. The number of aromatic nitrogens is 2. The Kier molecular flexibility index (Phi) is 28.1. The van der Waals surface area contributed by atoms with Crippen LogP contribution in [-0.2, 0) is 9.59 Å². The monoisotopic (exact) mass is 1420 g/mol. The number of fused-ring (bicyclic) bond motifs is 2. The minimum Gasteiger partial charge on any atom is -0.423 e. The molecule has 4 heterocycles. The van der Waals surface area contributed by atoms with Crippen molar-refractivity contribution in [3.8, 4) is 0 Å². The molecule has 30 heteroatoms. The molecule has 2 fully saturated rings. The number of rotatable bonds is 28. The van der Waals surface area contributed by atoms with Gasteiger partial charge in [0.05, 0.1) is 33.5 Å². The van der Waals surface area contributed by atoms with Crippen molar-refractivity contribution in [1.29, 1.82) is 0 Å². The van der Waals surface area contributed by atoms with Gasteiger partial charge in [0, 0.05) is 123 Å². The van der Waals surface area contributed by atoms with Crippen molar-refractivity contribution in [3.05, 3.63) is 180 Å². The Bertz CT molecular complexity index is 4310. The van der Waals surface area contributed by atoms with Crippen LogP contribution in [0.3, 0.4) is 0 Å². The number of aromatic amines is 2. The molecule has 10 rings (SSSR count). The quantitative estimate of drug-likeness (QED) is 0.0106. The number of benzene rings is 6. The van der Waals surface area contributed by atoms with Gasteiger partial charge >= 0.3 is 38.4 Å². The molecule has 104 heavy (non-hydrogen) atoms. The zero-order valence-electron chi connectivity index (χ0n) is 58.1. The van der Waals surface area contributed by atoms with Gasteiger partial charge < -0.3 is 92.2 Å². The zero-order valence-corrected chi connectivity index (χ0v) is 58.1. The number of hydrogen-bond donors (Lipinski definition) is 14. The summed E-state index contributed by atoms with van der Waals surface area (Å²) < 4.78 is 0. The van der Waals surface area contributed by atoms with E-state index in [1.165, 1.54) is 34.3 Å². The first-order valence-electron chi connectivity index (χ1n) is 35.0. The third-order valence-corrected chi connectivity index (χ3v) is 17.9. The third-order valence-electron chi connectivity index (χ3n) is 17.9. The van der Waals surface area contributed by atoms with Gasteiger partial charge in [-0.25, -0.2) is 19.2 Å². The van der Waals surface area contributed by atoms with Gasteiger partial charge in [-0.15, -0.1) is 0 Å². The van der Waals surface area contributed by atoms with Crippen LogP contribution in [0.5, 0.6) is 0 Å². The fourth-order valence-corrected chi connectivity index (χ4v) is 12.4. The van der Waals surface area contributed by atoms with Gasteiger partial charge in [0.2, 0.25) is 0 Å². The maximum Gasteiger partial charge on any atom is 0.488 e. The number of nitrogens with zero attached hydrogens (tertiary/aromatic N) is 4. The molecule has 2 atom stereocenters. The number of para-hydroxylation sites is 2. The van der Waals surface area contributed by atoms with Crippen molar-refractivity contribution >= 4 is 129 Å². The summed E-state index contributed by atoms with van der Waals surface area (Å²) >= 11 is 0. The normalized spacial score (nSPS) is 14.1. The van der Waals surface area contributed by atoms with E-state index in [1.54, 1.807) is 119 Å². The van der Waals surface area contributed by atoms with Crippen LogP contribution in [-0.4, -0.2) is 201 Å². The Hall–Kier alpha value is -11.3. The molecular formula is C74H88B2N14O14. The first kappa shape index (κ1) is 76.8. The molecule has 0 radical (unpaired) electrons. The molecule has 2 aliphatic heterocycles. The molecule has 14 N–H and O–H groups in total. The Morgan fingerprint density at radius 1 is 0.404 bits per heavy atom. The van der Waals surface area contributed by atoms with E-state index in [4.69, 9.17) is 0 Å². The highest BCUT2D eigenvalue weighted by Gasteiger charge is 2.36. The van der Waals surface area contributed by atoms with E-state index in [2.05, 4.69) is 52.5 Å². The fraction of sp³-hybridized carbons (Fsp3) is 0.324. The van der Waals surface area contributed by atoms with Crippen molar-refractivity contribution in [2.24, 2.45) is 0 Å². The maximum absolute atomic E-state index is 13.4. The first-order chi connectivity index (χ1) is 50.2. The van der Waals surface area contributed by atoms with Crippen molar-refractivity contribution in [3.63, 3.8) is 0 Å². The van der Waals surface area contributed by atoms with Gasteiger partial charge in [-0.1, -0.05) is 123 Å². The van der Waals surface area contributed by atoms with Crippen LogP contribution in [0.15, 0.2) is 158 Å². The summed E-state index contributed by atoms with van der Waals surface area (Å²) in [5.41, 5.74) is 5.08. The first-order valence-corrected chi connectivity index (χ1v) is 35.0. The van der Waals surface area contributed by atoms with Crippen molar-refractivity contribution in [2.45, 2.75) is 90.1 Å². The predicted octanol–water partition coefficient (Wildman–Crippen LogP) is 6.59. The van der Waals surface area contributed by atoms with Crippen LogP contribution in [0.4, 0.5) is 41.9 Å². The van der Waals surface area contributed by atoms with Gasteiger partial charge in [0.1, 0.15) is 0 Å². The molecule has 2 aromatic heterocycles. The van der Waals surface area contributed by atoms with E-state index in [0.717, 1.165) is 64.2 Å². The molecule has 0 unspecified atom stereocenters. The highest BCUT2D eigenvalue weighted by molar-refractivity contribution is 6.59. The summed E-state index contributed by atoms with van der Waals surface area (Å²) in [7, 11) is -3.21. The van der Waals surface area contributed by atoms with Gasteiger partial charge in [-0.3, -0.25) is 28.8 Å². The van der Waals surface area contributed by atoms with E-state index in [1.807, 2.05) is 38.1 Å². The van der Waals surface area contributed by atoms with Crippen molar-refractivity contribution in [1.82, 2.24) is 50.8 Å². The standard InChI is InChI=1S/C38H46BN7O7.C36H42BN7O7/c1-26-25-45(35(48)27-13-7-6-8-14-27)21-22-46(26)36(49)34(47)31-24-42-33-30(31)17-12-18-32(33)44-38(51)41-20-10-5-3-2-4-9-19-40-37(50)43-29-16-11-15-28(23-29)39(52)53;1-24-23-43(33(46)25-11-5-4-6-12-25)19-20-44(24)34(47)32(45)29-22-40-31-28(29)15-10-16-30(31)42-36(49)39-18-8-3-2-7-17-38-35(48)41-27-14-9-13-26(21-27)37(50)51/h6-8,11-18,23-24,26,42,52-53H,2-5,9-10,19-22,25H2,1H3,(H2,40,43,50)(H2,41,44,51);4-6,9-16,21-22,24,40,50-51H,2-3,7-8,17-20,23H2,1H3,(H2,38,41,48)(H2,39,42,49)/t26-;24-/m11/s1. The van der Waals surface area contributed by atoms with Crippen LogP contribution < -0.4 is 53.5 Å². The lowest BCUT2D eigenvalue weighted by molar-refractivity contribution is -0.130. The zero-order chi connectivity index (χ0) is 74.1. The van der Waals surface area contributed by atoms with Crippen LogP contribution in [0.1, 0.15) is 119 Å². The van der Waals surface area contributed by atoms with Gasteiger partial charge in [0.15, 0.2) is 0 Å². The molecule has 8 aromatic rings. The van der Waals surface area contributed by atoms with Crippen LogP contribution in [0.2, 0.25) is 0 Å². The lowest BCUT2D eigenvalue weighted by atomic mass is 9.80. The van der Waals surface area contributed by atoms with E-state index in [-0.39, 0.29) is 71.7 Å². The summed E-state index contributed by atoms with van der Waals surface area (Å²) in [6.07, 6.45) is 11.6. The van der Waals surface area contributed by atoms with E-state index >= 15 is 0 Å². The SMILES string of the molecule is C[C@@H]1CN(C(=O)c2ccccc2)CCN1C(=O)C(=O)c1c[nH]c2c(NC(=O)NCCCCCCCCNC(=O)Nc3cccc(B(O)O)c3)cccc12.C[C@@H]1CN(C(=O)c2ccccc2)CCN1C(=O)C(=O)c1c[nH]c2c(NC(=O)NCCCCCCNC(=O)Nc3cccc(B(O)O)c3)cccc12. The second-order valence-electron chi connectivity index (χ2n) is 25.5. The second-order valence-corrected chi connectivity index (χ2v) is 25.5. The molecule has 2 saturated heterocycles. The number of carbonyl (C=O) groups is 10. The molecule has 28 nitrogen and oxygen atoms in total. The Balaban J connectivity index is 0.000000241. The molecule has 6 aromatic carbocycles. The number of hydrogen-bond acceptors (Lipinski definition) is 14. The predicted molar refractivity (Wildman–Crippen MR) is 399 cm³/mol. The van der Waals surface area contributed by atoms with Gasteiger partial charge in [-0.05, 0) is 111 Å². The molecule has 0 bridgehead atoms. The third kappa shape index (κ3) is 21.4. The maximum atomic E-state index is 13.4. The molecule has 0 aliphatic carbocycles. The van der Waals surface area contributed by atoms with Gasteiger partial charge in [-0.2, -0.15) is 0 Å². The second kappa shape index (κ2) is 38.1. The number of nitrogens with one attached hydrogen (secondary N) is 10. The van der Waals surface area contributed by atoms with Crippen LogP contribution in [0.25, 0.3) is 21.8 Å². The number of piperazine rings is 2. The smallest absolute Gasteiger partial charge is 0.423 e. The Morgan fingerprint density at radius 3 is 1.09 bits per heavy atom. The molecule has 2 aliphatic rings.